The average Bonchev–Trinajstić information content (AvgIpc) is 3.32. The summed E-state index contributed by atoms with van der Waals surface area (Å²) in [6.07, 6.45) is 0. The van der Waals surface area contributed by atoms with Gasteiger partial charge in [-0.25, -0.2) is 0 Å². The molecule has 0 unspecified atom stereocenters. The SMILES string of the molecule is c1cc2ccc3cc4c(ccc5oc54)c4ccc(c1)c2c34. The van der Waals surface area contributed by atoms with E-state index < -0.39 is 0 Å². The highest BCUT2D eigenvalue weighted by Gasteiger charge is 2.16. The Bertz CT molecular complexity index is 1260. The minimum atomic E-state index is 1.02. The molecule has 1 heterocycles. The van der Waals surface area contributed by atoms with Gasteiger partial charge in [0, 0.05) is 5.39 Å². The standard InChI is InChI=1S/C20H10O/c1-2-11-4-5-13-10-16-14(8-9-17-20(16)21-17)15-7-6-12(3-1)18(11)19(13)15/h1-10H. The molecule has 0 fully saturated rings. The summed E-state index contributed by atoms with van der Waals surface area (Å²) in [4.78, 5) is 0. The van der Waals surface area contributed by atoms with Crippen LogP contribution < -0.4 is 0 Å². The fourth-order valence-electron chi connectivity index (χ4n) is 3.74. The topological polar surface area (TPSA) is 13.1 Å². The van der Waals surface area contributed by atoms with E-state index in [0.717, 1.165) is 11.2 Å². The first-order chi connectivity index (χ1) is 10.4. The van der Waals surface area contributed by atoms with Crippen molar-refractivity contribution < 1.29 is 4.42 Å². The smallest absolute Gasteiger partial charge is 0.177 e. The molecular formula is C20H10O. The van der Waals surface area contributed by atoms with Gasteiger partial charge < -0.3 is 4.42 Å². The molecular weight excluding hydrogens is 256 g/mol. The van der Waals surface area contributed by atoms with Gasteiger partial charge in [-0.05, 0) is 55.9 Å². The molecule has 1 heteroatoms. The van der Waals surface area contributed by atoms with E-state index in [1.165, 1.54) is 43.1 Å². The molecule has 0 saturated carbocycles. The summed E-state index contributed by atoms with van der Waals surface area (Å²) < 4.78 is 5.58. The molecule has 0 aliphatic rings. The molecule has 0 atom stereocenters. The van der Waals surface area contributed by atoms with E-state index in [-0.39, 0.29) is 0 Å². The molecule has 1 aromatic heterocycles. The summed E-state index contributed by atoms with van der Waals surface area (Å²) in [7, 11) is 0. The van der Waals surface area contributed by atoms with E-state index >= 15 is 0 Å². The van der Waals surface area contributed by atoms with Crippen molar-refractivity contribution in [2.24, 2.45) is 0 Å². The van der Waals surface area contributed by atoms with Gasteiger partial charge in [-0.1, -0.05) is 42.5 Å². The quantitative estimate of drug-likeness (QED) is 0.245. The van der Waals surface area contributed by atoms with Crippen LogP contribution in [0.25, 0.3) is 54.3 Å². The molecule has 0 bridgehead atoms. The van der Waals surface area contributed by atoms with Crippen LogP contribution in [0.4, 0.5) is 0 Å². The van der Waals surface area contributed by atoms with Crippen LogP contribution in [0.15, 0.2) is 65.1 Å². The van der Waals surface area contributed by atoms with Crippen LogP contribution >= 0.6 is 0 Å². The van der Waals surface area contributed by atoms with Crippen molar-refractivity contribution >= 4 is 54.3 Å². The van der Waals surface area contributed by atoms with Crippen molar-refractivity contribution in [2.45, 2.75) is 0 Å². The Kier molecular flexibility index (Phi) is 1.47. The van der Waals surface area contributed by atoms with Gasteiger partial charge in [0.05, 0.1) is 0 Å². The number of hydrogen-bond acceptors (Lipinski definition) is 1. The van der Waals surface area contributed by atoms with Gasteiger partial charge in [0.1, 0.15) is 0 Å². The predicted molar refractivity (Wildman–Crippen MR) is 88.6 cm³/mol. The minimum absolute atomic E-state index is 1.02. The van der Waals surface area contributed by atoms with Crippen LogP contribution in [0.2, 0.25) is 0 Å². The summed E-state index contributed by atoms with van der Waals surface area (Å²) in [6, 6.07) is 22.0. The maximum absolute atomic E-state index is 5.58. The third kappa shape index (κ3) is 1.10. The van der Waals surface area contributed by atoms with Gasteiger partial charge in [0.25, 0.3) is 0 Å². The van der Waals surface area contributed by atoms with Gasteiger partial charge in [-0.2, -0.15) is 0 Å². The lowest BCUT2D eigenvalue weighted by Gasteiger charge is -2.12. The first kappa shape index (κ1) is 10.0. The lowest BCUT2D eigenvalue weighted by atomic mass is 9.91. The van der Waals surface area contributed by atoms with Crippen LogP contribution in [0, 0.1) is 0 Å². The minimum Gasteiger partial charge on any atom is -0.449 e. The summed E-state index contributed by atoms with van der Waals surface area (Å²) in [5, 5.41) is 10.5. The Balaban J connectivity index is 2.05. The van der Waals surface area contributed by atoms with Gasteiger partial charge in [0.2, 0.25) is 0 Å². The van der Waals surface area contributed by atoms with Gasteiger partial charge in [-0.3, -0.25) is 0 Å². The van der Waals surface area contributed by atoms with Crippen LogP contribution in [0.1, 0.15) is 0 Å². The highest BCUT2D eigenvalue weighted by atomic mass is 16.4. The molecule has 21 heavy (non-hydrogen) atoms. The van der Waals surface area contributed by atoms with Crippen LogP contribution in [-0.4, -0.2) is 0 Å². The molecule has 0 amide bonds. The van der Waals surface area contributed by atoms with Crippen molar-refractivity contribution in [3.63, 3.8) is 0 Å². The number of rotatable bonds is 0. The van der Waals surface area contributed by atoms with E-state index in [0.29, 0.717) is 0 Å². The van der Waals surface area contributed by atoms with E-state index in [1.807, 2.05) is 0 Å². The van der Waals surface area contributed by atoms with Crippen molar-refractivity contribution in [3.8, 4) is 0 Å². The van der Waals surface area contributed by atoms with Crippen molar-refractivity contribution in [2.75, 3.05) is 0 Å². The molecule has 0 N–H and O–H groups in total. The van der Waals surface area contributed by atoms with Crippen LogP contribution in [0.5, 0.6) is 0 Å². The molecule has 5 aromatic carbocycles. The molecule has 1 nitrogen and oxygen atoms in total. The van der Waals surface area contributed by atoms with Crippen molar-refractivity contribution in [1.29, 1.82) is 0 Å². The zero-order valence-corrected chi connectivity index (χ0v) is 11.2. The third-order valence-corrected chi connectivity index (χ3v) is 4.73. The van der Waals surface area contributed by atoms with E-state index in [4.69, 9.17) is 4.42 Å². The zero-order chi connectivity index (χ0) is 13.6. The Labute approximate surface area is 120 Å². The molecule has 0 spiro atoms. The first-order valence-corrected chi connectivity index (χ1v) is 7.21. The normalized spacial score (nSPS) is 12.8. The highest BCUT2D eigenvalue weighted by molar-refractivity contribution is 6.31. The summed E-state index contributed by atoms with van der Waals surface area (Å²) >= 11 is 0. The molecule has 0 aliphatic heterocycles. The Morgan fingerprint density at radius 3 is 2.24 bits per heavy atom. The number of benzene rings is 5. The summed E-state index contributed by atoms with van der Waals surface area (Å²) in [6.45, 7) is 0. The van der Waals surface area contributed by atoms with Crippen molar-refractivity contribution in [3.05, 3.63) is 60.7 Å². The zero-order valence-electron chi connectivity index (χ0n) is 11.2. The highest BCUT2D eigenvalue weighted by Crippen LogP contribution is 2.42. The summed E-state index contributed by atoms with van der Waals surface area (Å²) in [5.74, 6) is 0. The fourth-order valence-corrected chi connectivity index (χ4v) is 3.74. The largest absolute Gasteiger partial charge is 0.449 e. The molecule has 0 radical (unpaired) electrons. The summed E-state index contributed by atoms with van der Waals surface area (Å²) in [5.41, 5.74) is 2.08. The van der Waals surface area contributed by atoms with Crippen LogP contribution in [0.3, 0.4) is 0 Å². The fraction of sp³-hybridized carbons (Fsp3) is 0. The molecule has 0 aliphatic carbocycles. The molecule has 0 saturated heterocycles. The molecule has 6 aromatic rings. The van der Waals surface area contributed by atoms with E-state index in [1.54, 1.807) is 0 Å². The number of hydrogen-bond donors (Lipinski definition) is 0. The maximum Gasteiger partial charge on any atom is 0.177 e. The Morgan fingerprint density at radius 2 is 1.33 bits per heavy atom. The van der Waals surface area contributed by atoms with Gasteiger partial charge in [-0.15, -0.1) is 0 Å². The second kappa shape index (κ2) is 3.09. The predicted octanol–water partition coefficient (Wildman–Crippen LogP) is 5.92. The first-order valence-electron chi connectivity index (χ1n) is 7.21. The third-order valence-electron chi connectivity index (χ3n) is 4.73. The van der Waals surface area contributed by atoms with E-state index in [9.17, 15) is 0 Å². The molecule has 96 valence electrons. The van der Waals surface area contributed by atoms with E-state index in [2.05, 4.69) is 60.7 Å². The monoisotopic (exact) mass is 266 g/mol. The van der Waals surface area contributed by atoms with Gasteiger partial charge in [0.15, 0.2) is 11.2 Å². The second-order valence-electron chi connectivity index (χ2n) is 5.82. The van der Waals surface area contributed by atoms with Gasteiger partial charge >= 0.3 is 0 Å². The molecule has 6 rings (SSSR count). The van der Waals surface area contributed by atoms with Crippen molar-refractivity contribution in [1.82, 2.24) is 0 Å². The maximum atomic E-state index is 5.58. The van der Waals surface area contributed by atoms with Crippen LogP contribution in [-0.2, 0) is 0 Å². The lowest BCUT2D eigenvalue weighted by Crippen LogP contribution is -1.84. The Morgan fingerprint density at radius 1 is 0.571 bits per heavy atom. The number of fused-ring (bicyclic) bond motifs is 4. The second-order valence-corrected chi connectivity index (χ2v) is 5.82. The lowest BCUT2D eigenvalue weighted by molar-refractivity contribution is 0.759. The average molecular weight is 266 g/mol. The Hall–Kier alpha value is -2.80.